The summed E-state index contributed by atoms with van der Waals surface area (Å²) in [6.07, 6.45) is 0.984. The lowest BCUT2D eigenvalue weighted by Gasteiger charge is -2.19. The summed E-state index contributed by atoms with van der Waals surface area (Å²) in [7, 11) is 1.22. The molecule has 25 heavy (non-hydrogen) atoms. The first-order chi connectivity index (χ1) is 12.0. The van der Waals surface area contributed by atoms with Gasteiger partial charge in [-0.05, 0) is 48.6 Å². The molecule has 2 rings (SSSR count). The molecule has 0 saturated heterocycles. The van der Waals surface area contributed by atoms with Crippen molar-refractivity contribution in [3.8, 4) is 5.75 Å². The second-order valence-electron chi connectivity index (χ2n) is 5.84. The van der Waals surface area contributed by atoms with Crippen LogP contribution in [0.3, 0.4) is 0 Å². The molecule has 0 atom stereocenters. The Morgan fingerprint density at radius 2 is 1.72 bits per heavy atom. The van der Waals surface area contributed by atoms with Gasteiger partial charge in [0, 0.05) is 5.56 Å². The lowest BCUT2D eigenvalue weighted by molar-refractivity contribution is 0.140. The van der Waals surface area contributed by atoms with E-state index >= 15 is 0 Å². The highest BCUT2D eigenvalue weighted by Gasteiger charge is 2.18. The first kappa shape index (κ1) is 18.8. The fraction of sp³-hybridized carbons (Fsp3) is 0.350. The minimum Gasteiger partial charge on any atom is -0.489 e. The minimum atomic E-state index is -0.839. The van der Waals surface area contributed by atoms with E-state index in [1.807, 2.05) is 38.1 Å². The van der Waals surface area contributed by atoms with Crippen LogP contribution in [-0.2, 0) is 24.2 Å². The van der Waals surface area contributed by atoms with Gasteiger partial charge in [-0.2, -0.15) is 5.06 Å². The van der Waals surface area contributed by atoms with E-state index in [-0.39, 0.29) is 6.61 Å². The minimum absolute atomic E-state index is 0.240. The van der Waals surface area contributed by atoms with Crippen LogP contribution in [0.15, 0.2) is 36.4 Å². The molecule has 0 aromatic heterocycles. The summed E-state index contributed by atoms with van der Waals surface area (Å²) < 4.78 is 10.5. The van der Waals surface area contributed by atoms with Crippen molar-refractivity contribution in [3.63, 3.8) is 0 Å². The third kappa shape index (κ3) is 4.51. The van der Waals surface area contributed by atoms with Gasteiger partial charge in [0.05, 0.1) is 12.8 Å². The first-order valence-corrected chi connectivity index (χ1v) is 8.41. The number of hydrogen-bond donors (Lipinski definition) is 1. The Morgan fingerprint density at radius 3 is 2.32 bits per heavy atom. The summed E-state index contributed by atoms with van der Waals surface area (Å²) in [5, 5.41) is 10.6. The molecule has 0 aliphatic heterocycles. The molecule has 0 unspecified atom stereocenters. The third-order valence-electron chi connectivity index (χ3n) is 4.16. The zero-order valence-corrected chi connectivity index (χ0v) is 15.2. The molecule has 0 aliphatic rings. The molecule has 0 bridgehead atoms. The number of carbonyl (C=O) groups excluding carboxylic acids is 1. The second kappa shape index (κ2) is 8.53. The Balaban J connectivity index is 2.26. The summed E-state index contributed by atoms with van der Waals surface area (Å²) in [4.78, 5) is 11.6. The Hall–Kier alpha value is -2.53. The molecular weight excluding hydrogens is 318 g/mol. The summed E-state index contributed by atoms with van der Waals surface area (Å²) in [6.45, 7) is 6.40. The average molecular weight is 343 g/mol. The van der Waals surface area contributed by atoms with E-state index in [0.29, 0.717) is 16.3 Å². The van der Waals surface area contributed by atoms with E-state index < -0.39 is 6.09 Å². The van der Waals surface area contributed by atoms with Gasteiger partial charge in [-0.1, -0.05) is 38.1 Å². The van der Waals surface area contributed by atoms with Crippen molar-refractivity contribution in [1.82, 2.24) is 0 Å². The number of hydroxylamine groups is 1. The molecule has 1 N–H and O–H groups in total. The molecule has 5 heteroatoms. The summed E-state index contributed by atoms with van der Waals surface area (Å²) >= 11 is 0. The molecule has 0 aliphatic carbocycles. The quantitative estimate of drug-likeness (QED) is 0.612. The molecule has 2 aromatic rings. The number of hydrogen-bond acceptors (Lipinski definition) is 4. The standard InChI is InChI=1S/C20H25NO4/c1-5-15-8-10-19(14(3)11-15)25-13-17-12-16(6-2)7-9-18(17)21(23)20(22)24-4/h7-12,23H,5-6,13H2,1-4H3. The summed E-state index contributed by atoms with van der Waals surface area (Å²) in [6, 6.07) is 11.6. The average Bonchev–Trinajstić information content (AvgIpc) is 2.65. The van der Waals surface area contributed by atoms with Gasteiger partial charge in [-0.15, -0.1) is 0 Å². The van der Waals surface area contributed by atoms with Gasteiger partial charge in [-0.3, -0.25) is 5.21 Å². The molecule has 5 nitrogen and oxygen atoms in total. The second-order valence-corrected chi connectivity index (χ2v) is 5.84. The highest BCUT2D eigenvalue weighted by molar-refractivity contribution is 5.85. The predicted octanol–water partition coefficient (Wildman–Crippen LogP) is 4.66. The van der Waals surface area contributed by atoms with Crippen LogP contribution in [0.5, 0.6) is 5.75 Å². The molecule has 2 aromatic carbocycles. The van der Waals surface area contributed by atoms with E-state index in [1.165, 1.54) is 12.7 Å². The summed E-state index contributed by atoms with van der Waals surface area (Å²) in [5.74, 6) is 0.785. The number of benzene rings is 2. The number of amides is 1. The van der Waals surface area contributed by atoms with Crippen molar-refractivity contribution in [2.24, 2.45) is 0 Å². The third-order valence-corrected chi connectivity index (χ3v) is 4.16. The Labute approximate surface area is 148 Å². The van der Waals surface area contributed by atoms with Crippen molar-refractivity contribution in [3.05, 3.63) is 58.7 Å². The normalized spacial score (nSPS) is 10.4. The van der Waals surface area contributed by atoms with Gasteiger partial charge in [0.1, 0.15) is 12.4 Å². The van der Waals surface area contributed by atoms with Gasteiger partial charge in [0.15, 0.2) is 0 Å². The van der Waals surface area contributed by atoms with Gasteiger partial charge in [-0.25, -0.2) is 4.79 Å². The van der Waals surface area contributed by atoms with Crippen molar-refractivity contribution in [2.75, 3.05) is 12.2 Å². The highest BCUT2D eigenvalue weighted by atomic mass is 16.6. The van der Waals surface area contributed by atoms with Crippen LogP contribution >= 0.6 is 0 Å². The predicted molar refractivity (Wildman–Crippen MR) is 97.4 cm³/mol. The monoisotopic (exact) mass is 343 g/mol. The Kier molecular flexibility index (Phi) is 6.42. The van der Waals surface area contributed by atoms with Crippen LogP contribution in [0.4, 0.5) is 10.5 Å². The smallest absolute Gasteiger partial charge is 0.438 e. The molecule has 0 radical (unpaired) electrons. The number of methoxy groups -OCH3 is 1. The van der Waals surface area contributed by atoms with Crippen molar-refractivity contribution in [1.29, 1.82) is 0 Å². The van der Waals surface area contributed by atoms with Crippen molar-refractivity contribution >= 4 is 11.8 Å². The highest BCUT2D eigenvalue weighted by Crippen LogP contribution is 2.26. The molecule has 0 heterocycles. The Bertz CT molecular complexity index is 742. The topological polar surface area (TPSA) is 59.0 Å². The van der Waals surface area contributed by atoms with E-state index in [9.17, 15) is 10.0 Å². The maximum absolute atomic E-state index is 11.6. The van der Waals surface area contributed by atoms with Crippen LogP contribution in [0.1, 0.15) is 36.1 Å². The van der Waals surface area contributed by atoms with Gasteiger partial charge in [0.25, 0.3) is 0 Å². The van der Waals surface area contributed by atoms with Crippen LogP contribution in [0, 0.1) is 6.92 Å². The fourth-order valence-electron chi connectivity index (χ4n) is 2.61. The molecular formula is C20H25NO4. The zero-order valence-electron chi connectivity index (χ0n) is 15.2. The summed E-state index contributed by atoms with van der Waals surface area (Å²) in [5.41, 5.74) is 4.48. The molecule has 0 saturated carbocycles. The lowest BCUT2D eigenvalue weighted by atomic mass is 10.1. The Morgan fingerprint density at radius 1 is 1.08 bits per heavy atom. The largest absolute Gasteiger partial charge is 0.489 e. The van der Waals surface area contributed by atoms with Gasteiger partial charge in [0.2, 0.25) is 0 Å². The van der Waals surface area contributed by atoms with Gasteiger partial charge < -0.3 is 9.47 Å². The van der Waals surface area contributed by atoms with E-state index in [4.69, 9.17) is 4.74 Å². The fourth-order valence-corrected chi connectivity index (χ4v) is 2.61. The maximum atomic E-state index is 11.6. The van der Waals surface area contributed by atoms with E-state index in [2.05, 4.69) is 17.7 Å². The first-order valence-electron chi connectivity index (χ1n) is 8.41. The van der Waals surface area contributed by atoms with Crippen LogP contribution in [-0.4, -0.2) is 18.4 Å². The molecule has 134 valence electrons. The number of nitrogens with zero attached hydrogens (tertiary/aromatic N) is 1. The molecule has 0 spiro atoms. The van der Waals surface area contributed by atoms with Crippen LogP contribution in [0.2, 0.25) is 0 Å². The van der Waals surface area contributed by atoms with E-state index in [0.717, 1.165) is 29.7 Å². The lowest BCUT2D eigenvalue weighted by Crippen LogP contribution is -2.28. The SMILES string of the molecule is CCc1ccc(OCc2cc(CC)ccc2N(O)C(=O)OC)c(C)c1. The van der Waals surface area contributed by atoms with E-state index in [1.54, 1.807) is 6.07 Å². The number of rotatable bonds is 6. The number of aryl methyl sites for hydroxylation is 3. The van der Waals surface area contributed by atoms with Crippen molar-refractivity contribution < 1.29 is 19.5 Å². The van der Waals surface area contributed by atoms with Crippen LogP contribution in [0.25, 0.3) is 0 Å². The molecule has 1 amide bonds. The number of anilines is 1. The number of carbonyl (C=O) groups is 1. The van der Waals surface area contributed by atoms with Crippen molar-refractivity contribution in [2.45, 2.75) is 40.2 Å². The zero-order chi connectivity index (χ0) is 18.4. The van der Waals surface area contributed by atoms with Crippen LogP contribution < -0.4 is 9.80 Å². The van der Waals surface area contributed by atoms with Gasteiger partial charge >= 0.3 is 6.09 Å². The maximum Gasteiger partial charge on any atom is 0.438 e. The molecule has 0 fully saturated rings. The number of ether oxygens (including phenoxy) is 2.